The Kier molecular flexibility index (Phi) is 12.2. The molecule has 0 spiro atoms. The number of amides is 3. The summed E-state index contributed by atoms with van der Waals surface area (Å²) in [7, 11) is 0. The number of benzene rings is 2. The van der Waals surface area contributed by atoms with Crippen LogP contribution in [0.15, 0.2) is 65.9 Å². The van der Waals surface area contributed by atoms with Crippen LogP contribution in [0.25, 0.3) is 21.8 Å². The molecule has 256 valence electrons. The van der Waals surface area contributed by atoms with Crippen molar-refractivity contribution >= 4 is 51.5 Å². The number of carbonyl (C=O) groups excluding carboxylic acids is 3. The Bertz CT molecular complexity index is 1760. The number of carboxylic acids is 1. The number of carboxylic acid groups (broad SMARTS) is 1. The fourth-order valence-electron chi connectivity index (χ4n) is 5.65. The molecule has 0 radical (unpaired) electrons. The van der Waals surface area contributed by atoms with Gasteiger partial charge in [0.2, 0.25) is 17.7 Å². The fourth-order valence-corrected chi connectivity index (χ4v) is 5.65. The Balaban J connectivity index is 1.51. The lowest BCUT2D eigenvalue weighted by molar-refractivity contribution is -0.142. The molecule has 0 bridgehead atoms. The minimum atomic E-state index is -1.25. The number of hydrogen-bond acceptors (Lipinski definition) is 6. The number of aromatic nitrogens is 2. The number of rotatable bonds is 17. The topological polar surface area (TPSA) is 247 Å². The minimum Gasteiger partial charge on any atom is -0.480 e. The standard InChI is InChI=1S/C34H45N9O5/c1-19(2)14-28(42-30(44)24(35)15-20-17-39-25-10-5-3-8-22(20)25)31(45)43-29(16-21-18-40-26-11-6-4-9-23(21)26)32(46)41-27(33(47)48)12-7-13-38-34(36)37/h3-6,8-11,17-19,24,27-29,39-40H,7,12-16,35H2,1-2H3,(H,41,46)(H,42,44)(H,43,45)(H,47,48)(H4,36,37,38). The molecule has 3 amide bonds. The second-order valence-electron chi connectivity index (χ2n) is 12.3. The zero-order valence-corrected chi connectivity index (χ0v) is 27.2. The SMILES string of the molecule is CC(C)CC(NC(=O)C(N)Cc1c[nH]c2ccccc12)C(=O)NC(Cc1c[nH]c2ccccc12)C(=O)NC(CCCN=C(N)N)C(=O)O. The maximum Gasteiger partial charge on any atom is 0.326 e. The van der Waals surface area contributed by atoms with Gasteiger partial charge in [0, 0.05) is 47.2 Å². The van der Waals surface area contributed by atoms with Crippen LogP contribution in [0.5, 0.6) is 0 Å². The van der Waals surface area contributed by atoms with Crippen LogP contribution in [0.1, 0.15) is 44.2 Å². The summed E-state index contributed by atoms with van der Waals surface area (Å²) in [6.07, 6.45) is 4.51. The van der Waals surface area contributed by atoms with E-state index in [0.717, 1.165) is 32.9 Å². The highest BCUT2D eigenvalue weighted by Crippen LogP contribution is 2.21. The van der Waals surface area contributed by atoms with Crippen LogP contribution in [0.4, 0.5) is 0 Å². The van der Waals surface area contributed by atoms with Crippen molar-refractivity contribution in [3.8, 4) is 0 Å². The number of carbonyl (C=O) groups is 4. The summed E-state index contributed by atoms with van der Waals surface area (Å²) in [6.45, 7) is 4.01. The average Bonchev–Trinajstić information content (AvgIpc) is 3.65. The van der Waals surface area contributed by atoms with Crippen molar-refractivity contribution in [1.29, 1.82) is 0 Å². The van der Waals surface area contributed by atoms with Crippen LogP contribution in [0.3, 0.4) is 0 Å². The third-order valence-corrected chi connectivity index (χ3v) is 8.08. The lowest BCUT2D eigenvalue weighted by atomic mass is 9.99. The number of guanidine groups is 1. The van der Waals surface area contributed by atoms with Crippen molar-refractivity contribution in [2.24, 2.45) is 28.1 Å². The van der Waals surface area contributed by atoms with Crippen LogP contribution in [0.2, 0.25) is 0 Å². The fraction of sp³-hybridized carbons (Fsp3) is 0.382. The highest BCUT2D eigenvalue weighted by atomic mass is 16.4. The lowest BCUT2D eigenvalue weighted by Crippen LogP contribution is -2.58. The van der Waals surface area contributed by atoms with Crippen molar-refractivity contribution in [3.05, 3.63) is 72.1 Å². The van der Waals surface area contributed by atoms with E-state index in [1.54, 1.807) is 6.20 Å². The molecule has 0 aliphatic rings. The van der Waals surface area contributed by atoms with E-state index >= 15 is 0 Å². The summed E-state index contributed by atoms with van der Waals surface area (Å²) < 4.78 is 0. The van der Waals surface area contributed by atoms with Crippen molar-refractivity contribution in [2.75, 3.05) is 6.54 Å². The molecule has 4 rings (SSSR count). The van der Waals surface area contributed by atoms with Gasteiger partial charge in [0.1, 0.15) is 18.1 Å². The monoisotopic (exact) mass is 659 g/mol. The number of hydrogen-bond donors (Lipinski definition) is 9. The summed E-state index contributed by atoms with van der Waals surface area (Å²) in [5, 5.41) is 19.8. The highest BCUT2D eigenvalue weighted by molar-refractivity contribution is 5.95. The first-order valence-corrected chi connectivity index (χ1v) is 16.0. The van der Waals surface area contributed by atoms with Gasteiger partial charge < -0.3 is 48.2 Å². The largest absolute Gasteiger partial charge is 0.480 e. The molecule has 4 aromatic rings. The molecular formula is C34H45N9O5. The lowest BCUT2D eigenvalue weighted by Gasteiger charge is -2.26. The first-order chi connectivity index (χ1) is 22.9. The number of para-hydroxylation sites is 2. The van der Waals surface area contributed by atoms with E-state index < -0.39 is 47.9 Å². The van der Waals surface area contributed by atoms with Gasteiger partial charge in [0.25, 0.3) is 0 Å². The van der Waals surface area contributed by atoms with E-state index in [-0.39, 0.29) is 44.1 Å². The summed E-state index contributed by atoms with van der Waals surface area (Å²) in [6, 6.07) is 10.8. The van der Waals surface area contributed by atoms with Gasteiger partial charge in [-0.25, -0.2) is 4.79 Å². The predicted octanol–water partition coefficient (Wildman–Crippen LogP) is 1.40. The molecule has 2 heterocycles. The smallest absolute Gasteiger partial charge is 0.326 e. The number of H-pyrrole nitrogens is 2. The average molecular weight is 660 g/mol. The van der Waals surface area contributed by atoms with Gasteiger partial charge in [-0.05, 0) is 54.9 Å². The first-order valence-electron chi connectivity index (χ1n) is 16.0. The van der Waals surface area contributed by atoms with Crippen LogP contribution in [-0.4, -0.2) is 75.4 Å². The molecule has 2 aromatic heterocycles. The van der Waals surface area contributed by atoms with Gasteiger partial charge in [-0.1, -0.05) is 50.2 Å². The van der Waals surface area contributed by atoms with Gasteiger partial charge in [-0.15, -0.1) is 0 Å². The molecule has 0 saturated heterocycles. The van der Waals surface area contributed by atoms with Crippen LogP contribution in [0, 0.1) is 5.92 Å². The molecule has 12 N–H and O–H groups in total. The summed E-state index contributed by atoms with van der Waals surface area (Å²) in [4.78, 5) is 63.1. The highest BCUT2D eigenvalue weighted by Gasteiger charge is 2.31. The third-order valence-electron chi connectivity index (χ3n) is 8.08. The van der Waals surface area contributed by atoms with E-state index in [2.05, 4.69) is 30.9 Å². The van der Waals surface area contributed by atoms with Crippen LogP contribution in [-0.2, 0) is 32.0 Å². The molecular weight excluding hydrogens is 614 g/mol. The van der Waals surface area contributed by atoms with Crippen molar-refractivity contribution in [3.63, 3.8) is 0 Å². The molecule has 2 aromatic carbocycles. The zero-order chi connectivity index (χ0) is 34.8. The maximum absolute atomic E-state index is 13.8. The van der Waals surface area contributed by atoms with Gasteiger partial charge in [0.05, 0.1) is 6.04 Å². The molecule has 4 unspecified atom stereocenters. The van der Waals surface area contributed by atoms with Crippen molar-refractivity contribution in [1.82, 2.24) is 25.9 Å². The number of aromatic amines is 2. The Morgan fingerprint density at radius 3 is 1.85 bits per heavy atom. The Hall–Kier alpha value is -5.37. The molecule has 0 aliphatic heterocycles. The first kappa shape index (κ1) is 35.5. The normalized spacial score (nSPS) is 13.8. The second kappa shape index (κ2) is 16.5. The van der Waals surface area contributed by atoms with Crippen molar-refractivity contribution in [2.45, 2.75) is 70.1 Å². The second-order valence-corrected chi connectivity index (χ2v) is 12.3. The van der Waals surface area contributed by atoms with Crippen molar-refractivity contribution < 1.29 is 24.3 Å². The molecule has 14 nitrogen and oxygen atoms in total. The number of aliphatic carboxylic acids is 1. The quantitative estimate of drug-likeness (QED) is 0.0454. The number of fused-ring (bicyclic) bond motifs is 2. The number of nitrogens with two attached hydrogens (primary N) is 3. The van der Waals surface area contributed by atoms with E-state index in [9.17, 15) is 24.3 Å². The molecule has 14 heteroatoms. The molecule has 0 aliphatic carbocycles. The molecule has 4 atom stereocenters. The zero-order valence-electron chi connectivity index (χ0n) is 27.2. The van der Waals surface area contributed by atoms with Gasteiger partial charge >= 0.3 is 5.97 Å². The summed E-state index contributed by atoms with van der Waals surface area (Å²) >= 11 is 0. The minimum absolute atomic E-state index is 0.00777. The Morgan fingerprint density at radius 1 is 0.771 bits per heavy atom. The third kappa shape index (κ3) is 9.58. The number of nitrogens with zero attached hydrogens (tertiary/aromatic N) is 1. The van der Waals surface area contributed by atoms with Gasteiger partial charge in [0.15, 0.2) is 5.96 Å². The number of nitrogens with one attached hydrogen (secondary N) is 5. The van der Waals surface area contributed by atoms with E-state index in [4.69, 9.17) is 17.2 Å². The van der Waals surface area contributed by atoms with Crippen LogP contribution >= 0.6 is 0 Å². The van der Waals surface area contributed by atoms with Crippen LogP contribution < -0.4 is 33.2 Å². The molecule has 48 heavy (non-hydrogen) atoms. The molecule has 0 saturated carbocycles. The molecule has 0 fully saturated rings. The van der Waals surface area contributed by atoms with E-state index in [1.165, 1.54) is 0 Å². The maximum atomic E-state index is 13.8. The van der Waals surface area contributed by atoms with Gasteiger partial charge in [-0.2, -0.15) is 0 Å². The van der Waals surface area contributed by atoms with E-state index in [0.29, 0.717) is 6.42 Å². The van der Waals surface area contributed by atoms with E-state index in [1.807, 2.05) is 68.6 Å². The Labute approximate surface area is 278 Å². The summed E-state index contributed by atoms with van der Waals surface area (Å²) in [5.41, 5.74) is 20.4. The number of aliphatic imine (C=N–C) groups is 1. The van der Waals surface area contributed by atoms with Gasteiger partial charge in [-0.3, -0.25) is 19.4 Å². The Morgan fingerprint density at radius 2 is 1.29 bits per heavy atom. The predicted molar refractivity (Wildman–Crippen MR) is 185 cm³/mol. The summed E-state index contributed by atoms with van der Waals surface area (Å²) in [5.74, 6) is -3.13.